The Kier molecular flexibility index (Phi) is 4.62. The second kappa shape index (κ2) is 6.42. The maximum atomic E-state index is 5.79. The third-order valence-corrected chi connectivity index (χ3v) is 3.46. The van der Waals surface area contributed by atoms with Crippen molar-refractivity contribution in [2.75, 3.05) is 6.61 Å². The number of benzene rings is 2. The van der Waals surface area contributed by atoms with Crippen LogP contribution in [0, 0.1) is 0 Å². The first kappa shape index (κ1) is 13.7. The second-order valence-corrected chi connectivity index (χ2v) is 4.59. The molecule has 0 radical (unpaired) electrons. The zero-order valence-electron chi connectivity index (χ0n) is 12.1. The van der Waals surface area contributed by atoms with Crippen LogP contribution in [-0.2, 0) is 12.8 Å². The number of hydrogen-bond donors (Lipinski definition) is 0. The summed E-state index contributed by atoms with van der Waals surface area (Å²) < 4.78 is 5.79. The van der Waals surface area contributed by atoms with E-state index in [1.54, 1.807) is 0 Å². The number of rotatable bonds is 5. The van der Waals surface area contributed by atoms with Gasteiger partial charge in [-0.1, -0.05) is 50.2 Å². The summed E-state index contributed by atoms with van der Waals surface area (Å²) in [5.41, 5.74) is 5.37. The maximum Gasteiger partial charge on any atom is 0.127 e. The third kappa shape index (κ3) is 2.81. The molecule has 0 heterocycles. The summed E-state index contributed by atoms with van der Waals surface area (Å²) in [4.78, 5) is 0. The first-order valence-electron chi connectivity index (χ1n) is 7.14. The molecule has 0 aliphatic rings. The van der Waals surface area contributed by atoms with Gasteiger partial charge in [-0.3, -0.25) is 0 Å². The summed E-state index contributed by atoms with van der Waals surface area (Å²) >= 11 is 0. The Hall–Kier alpha value is -1.76. The van der Waals surface area contributed by atoms with E-state index in [2.05, 4.69) is 50.2 Å². The van der Waals surface area contributed by atoms with E-state index in [-0.39, 0.29) is 0 Å². The first-order chi connectivity index (χ1) is 9.31. The highest BCUT2D eigenvalue weighted by molar-refractivity contribution is 5.76. The number of hydrogen-bond acceptors (Lipinski definition) is 1. The van der Waals surface area contributed by atoms with Gasteiger partial charge in [0.05, 0.1) is 6.61 Å². The lowest BCUT2D eigenvalue weighted by Gasteiger charge is -2.16. The van der Waals surface area contributed by atoms with E-state index in [9.17, 15) is 0 Å². The van der Waals surface area contributed by atoms with Crippen molar-refractivity contribution < 1.29 is 4.74 Å². The van der Waals surface area contributed by atoms with Gasteiger partial charge in [-0.25, -0.2) is 0 Å². The lowest BCUT2D eigenvalue weighted by atomic mass is 9.91. The first-order valence-corrected chi connectivity index (χ1v) is 7.14. The molecule has 0 aliphatic carbocycles. The Balaban J connectivity index is 2.63. The van der Waals surface area contributed by atoms with Crippen molar-refractivity contribution in [2.24, 2.45) is 0 Å². The molecule has 2 aromatic rings. The summed E-state index contributed by atoms with van der Waals surface area (Å²) in [5, 5.41) is 0. The van der Waals surface area contributed by atoms with Crippen LogP contribution in [0.2, 0.25) is 0 Å². The molecule has 0 saturated heterocycles. The van der Waals surface area contributed by atoms with Gasteiger partial charge in [-0.15, -0.1) is 0 Å². The highest BCUT2D eigenvalue weighted by atomic mass is 16.5. The van der Waals surface area contributed by atoms with Gasteiger partial charge in [0.1, 0.15) is 5.75 Å². The Morgan fingerprint density at radius 2 is 1.42 bits per heavy atom. The Bertz CT molecular complexity index is 521. The molecule has 0 aromatic heterocycles. The molecule has 0 spiro atoms. The van der Waals surface area contributed by atoms with Crippen molar-refractivity contribution in [1.82, 2.24) is 0 Å². The fourth-order valence-electron chi connectivity index (χ4n) is 2.54. The zero-order valence-corrected chi connectivity index (χ0v) is 12.1. The van der Waals surface area contributed by atoms with Gasteiger partial charge in [-0.2, -0.15) is 0 Å². The van der Waals surface area contributed by atoms with Crippen molar-refractivity contribution in [3.05, 3.63) is 53.6 Å². The van der Waals surface area contributed by atoms with Crippen LogP contribution in [0.1, 0.15) is 31.9 Å². The Morgan fingerprint density at radius 1 is 0.789 bits per heavy atom. The summed E-state index contributed by atoms with van der Waals surface area (Å²) in [6.07, 6.45) is 2.09. The molecule has 0 bridgehead atoms. The highest BCUT2D eigenvalue weighted by Crippen LogP contribution is 2.35. The molecule has 1 nitrogen and oxygen atoms in total. The Labute approximate surface area is 116 Å². The molecule has 0 saturated carbocycles. The predicted octanol–water partition coefficient (Wildman–Crippen LogP) is 4.88. The highest BCUT2D eigenvalue weighted by Gasteiger charge is 2.12. The minimum atomic E-state index is 0.701. The number of ether oxygens (including phenoxy) is 1. The van der Waals surface area contributed by atoms with Crippen LogP contribution >= 0.6 is 0 Å². The van der Waals surface area contributed by atoms with E-state index in [4.69, 9.17) is 4.74 Å². The lowest BCUT2D eigenvalue weighted by molar-refractivity contribution is 0.341. The van der Waals surface area contributed by atoms with Crippen molar-refractivity contribution >= 4 is 0 Å². The van der Waals surface area contributed by atoms with Crippen molar-refractivity contribution in [2.45, 2.75) is 33.6 Å². The van der Waals surface area contributed by atoms with E-state index in [0.717, 1.165) is 18.6 Å². The molecule has 100 valence electrons. The fourth-order valence-corrected chi connectivity index (χ4v) is 2.54. The smallest absolute Gasteiger partial charge is 0.127 e. The zero-order chi connectivity index (χ0) is 13.7. The van der Waals surface area contributed by atoms with E-state index >= 15 is 0 Å². The predicted molar refractivity (Wildman–Crippen MR) is 81.8 cm³/mol. The number of para-hydroxylation sites is 1. The van der Waals surface area contributed by atoms with Crippen LogP contribution in [0.5, 0.6) is 5.75 Å². The SMILES string of the molecule is CCOc1ccccc1-c1c(CC)cccc1CC. The van der Waals surface area contributed by atoms with E-state index in [1.165, 1.54) is 22.3 Å². The van der Waals surface area contributed by atoms with Crippen molar-refractivity contribution in [3.8, 4) is 16.9 Å². The largest absolute Gasteiger partial charge is 0.493 e. The van der Waals surface area contributed by atoms with Gasteiger partial charge < -0.3 is 4.74 Å². The molecule has 0 amide bonds. The molecule has 2 rings (SSSR count). The maximum absolute atomic E-state index is 5.79. The molecular weight excluding hydrogens is 232 g/mol. The molecule has 0 aliphatic heterocycles. The third-order valence-electron chi connectivity index (χ3n) is 3.46. The normalized spacial score (nSPS) is 10.5. The van der Waals surface area contributed by atoms with Crippen LogP contribution < -0.4 is 4.74 Å². The molecule has 0 unspecified atom stereocenters. The van der Waals surface area contributed by atoms with Crippen molar-refractivity contribution in [1.29, 1.82) is 0 Å². The summed E-state index contributed by atoms with van der Waals surface area (Å²) in [5.74, 6) is 0.987. The van der Waals surface area contributed by atoms with Crippen LogP contribution in [0.15, 0.2) is 42.5 Å². The molecule has 1 heteroatoms. The average molecular weight is 254 g/mol. The van der Waals surface area contributed by atoms with Crippen LogP contribution in [0.3, 0.4) is 0 Å². The summed E-state index contributed by atoms with van der Waals surface area (Å²) in [6, 6.07) is 14.9. The summed E-state index contributed by atoms with van der Waals surface area (Å²) in [7, 11) is 0. The van der Waals surface area contributed by atoms with E-state index < -0.39 is 0 Å². The Morgan fingerprint density at radius 3 is 2.00 bits per heavy atom. The van der Waals surface area contributed by atoms with Gasteiger partial charge in [0.15, 0.2) is 0 Å². The van der Waals surface area contributed by atoms with Crippen LogP contribution in [-0.4, -0.2) is 6.61 Å². The van der Waals surface area contributed by atoms with Crippen LogP contribution in [0.25, 0.3) is 11.1 Å². The lowest BCUT2D eigenvalue weighted by Crippen LogP contribution is -1.98. The molecule has 0 fully saturated rings. The molecule has 0 atom stereocenters. The average Bonchev–Trinajstić information content (AvgIpc) is 2.47. The van der Waals surface area contributed by atoms with E-state index in [1.807, 2.05) is 13.0 Å². The molecular formula is C18H22O. The number of aryl methyl sites for hydroxylation is 2. The van der Waals surface area contributed by atoms with Crippen LogP contribution in [0.4, 0.5) is 0 Å². The minimum absolute atomic E-state index is 0.701. The van der Waals surface area contributed by atoms with Gasteiger partial charge in [0.2, 0.25) is 0 Å². The van der Waals surface area contributed by atoms with Gasteiger partial charge in [0.25, 0.3) is 0 Å². The summed E-state index contributed by atoms with van der Waals surface area (Å²) in [6.45, 7) is 7.15. The minimum Gasteiger partial charge on any atom is -0.493 e. The standard InChI is InChI=1S/C18H22O/c1-4-14-10-9-11-15(5-2)18(14)16-12-7-8-13-17(16)19-6-3/h7-13H,4-6H2,1-3H3. The van der Waals surface area contributed by atoms with Gasteiger partial charge in [0, 0.05) is 5.56 Å². The quantitative estimate of drug-likeness (QED) is 0.739. The fraction of sp³-hybridized carbons (Fsp3) is 0.333. The van der Waals surface area contributed by atoms with Crippen molar-refractivity contribution in [3.63, 3.8) is 0 Å². The topological polar surface area (TPSA) is 9.23 Å². The molecule has 2 aromatic carbocycles. The molecule has 0 N–H and O–H groups in total. The van der Waals surface area contributed by atoms with E-state index in [0.29, 0.717) is 6.61 Å². The molecule has 19 heavy (non-hydrogen) atoms. The monoisotopic (exact) mass is 254 g/mol. The second-order valence-electron chi connectivity index (χ2n) is 4.59. The van der Waals surface area contributed by atoms with Gasteiger partial charge >= 0.3 is 0 Å². The van der Waals surface area contributed by atoms with Gasteiger partial charge in [-0.05, 0) is 42.5 Å².